The molecule has 240 valence electrons. The van der Waals surface area contributed by atoms with Gasteiger partial charge in [0.25, 0.3) is 11.8 Å². The van der Waals surface area contributed by atoms with E-state index in [9.17, 15) is 9.59 Å². The van der Waals surface area contributed by atoms with Gasteiger partial charge in [0.05, 0.1) is 27.7 Å². The molecule has 0 spiro atoms. The first kappa shape index (κ1) is 34.4. The monoisotopic (exact) mass is 616 g/mol. The number of nitrogens with one attached hydrogen (secondary N) is 2. The fourth-order valence-electron chi connectivity index (χ4n) is 5.29. The summed E-state index contributed by atoms with van der Waals surface area (Å²) in [6, 6.07) is 31.2. The summed E-state index contributed by atoms with van der Waals surface area (Å²) >= 11 is 0. The van der Waals surface area contributed by atoms with Crippen molar-refractivity contribution in [3.63, 3.8) is 0 Å². The van der Waals surface area contributed by atoms with Gasteiger partial charge in [-0.15, -0.1) is 0 Å². The molecule has 0 bridgehead atoms. The molecule has 5 heteroatoms. The molecule has 0 aliphatic rings. The van der Waals surface area contributed by atoms with Crippen LogP contribution in [0.25, 0.3) is 12.2 Å². The quantitative estimate of drug-likeness (QED) is 0.0748. The first-order chi connectivity index (χ1) is 22.2. The highest BCUT2D eigenvalue weighted by atomic mass is 16.2. The standard InChI is InChI=1S/C41H49N3O2/c1-5-32-15-23-36(24-16-32)40(45)42-38-27-19-34(20-28-38)13-14-35-21-29-39(30-22-35)43-41(46)37-25-17-33(18-26-37)12-10-8-6-7-9-11-31-44(2,3)4/h13-30H,5-12,31H2,1-4H3,(H-,42,43,45,46)/p+1/b14-13+. The second-order valence-electron chi connectivity index (χ2n) is 13.1. The number of rotatable bonds is 16. The number of hydrogen-bond acceptors (Lipinski definition) is 2. The predicted molar refractivity (Wildman–Crippen MR) is 194 cm³/mol. The number of carbonyl (C=O) groups is 2. The third-order valence-corrected chi connectivity index (χ3v) is 8.19. The lowest BCUT2D eigenvalue weighted by molar-refractivity contribution is -0.870. The van der Waals surface area contributed by atoms with Gasteiger partial charge in [-0.2, -0.15) is 0 Å². The van der Waals surface area contributed by atoms with E-state index in [1.54, 1.807) is 0 Å². The largest absolute Gasteiger partial charge is 0.331 e. The van der Waals surface area contributed by atoms with Crippen LogP contribution < -0.4 is 10.6 Å². The van der Waals surface area contributed by atoms with E-state index in [0.29, 0.717) is 11.1 Å². The second-order valence-corrected chi connectivity index (χ2v) is 13.1. The molecule has 5 nitrogen and oxygen atoms in total. The Bertz CT molecular complexity index is 1550. The molecule has 46 heavy (non-hydrogen) atoms. The van der Waals surface area contributed by atoms with Crippen LogP contribution in [-0.2, 0) is 12.8 Å². The SMILES string of the molecule is CCc1ccc(C(=O)Nc2ccc(/C=C/c3ccc(NC(=O)c4ccc(CCCCCCCC[N+](C)(C)C)cc4)cc3)cc2)cc1. The Labute approximate surface area is 276 Å². The van der Waals surface area contributed by atoms with Crippen LogP contribution in [0.15, 0.2) is 97.1 Å². The van der Waals surface area contributed by atoms with Gasteiger partial charge in [0.1, 0.15) is 0 Å². The number of quaternary nitrogens is 1. The van der Waals surface area contributed by atoms with E-state index >= 15 is 0 Å². The maximum Gasteiger partial charge on any atom is 0.255 e. The molecule has 0 atom stereocenters. The minimum absolute atomic E-state index is 0.103. The molecule has 0 aliphatic heterocycles. The van der Waals surface area contributed by atoms with Gasteiger partial charge in [0, 0.05) is 22.5 Å². The number of anilines is 2. The molecule has 0 aromatic heterocycles. The number of benzene rings is 4. The van der Waals surface area contributed by atoms with E-state index in [0.717, 1.165) is 39.8 Å². The molecule has 0 saturated heterocycles. The fourth-order valence-corrected chi connectivity index (χ4v) is 5.29. The van der Waals surface area contributed by atoms with Gasteiger partial charge in [-0.05, 0) is 103 Å². The van der Waals surface area contributed by atoms with E-state index in [2.05, 4.69) is 50.8 Å². The molecule has 0 unspecified atom stereocenters. The second kappa shape index (κ2) is 17.3. The Morgan fingerprint density at radius 1 is 0.543 bits per heavy atom. The summed E-state index contributed by atoms with van der Waals surface area (Å²) in [5.74, 6) is -0.220. The highest BCUT2D eigenvalue weighted by molar-refractivity contribution is 6.05. The van der Waals surface area contributed by atoms with Crippen LogP contribution in [0.3, 0.4) is 0 Å². The lowest BCUT2D eigenvalue weighted by atomic mass is 10.0. The van der Waals surface area contributed by atoms with Crippen molar-refractivity contribution >= 4 is 35.3 Å². The number of unbranched alkanes of at least 4 members (excludes halogenated alkanes) is 5. The summed E-state index contributed by atoms with van der Waals surface area (Å²) in [6.07, 6.45) is 13.8. The highest BCUT2D eigenvalue weighted by Gasteiger charge is 2.08. The van der Waals surface area contributed by atoms with E-state index in [1.807, 2.05) is 97.1 Å². The maximum atomic E-state index is 12.8. The Hall–Kier alpha value is -4.48. The minimum Gasteiger partial charge on any atom is -0.331 e. The van der Waals surface area contributed by atoms with Crippen LogP contribution in [-0.4, -0.2) is 44.0 Å². The number of amides is 2. The van der Waals surface area contributed by atoms with Crippen molar-refractivity contribution in [1.29, 1.82) is 0 Å². The average Bonchev–Trinajstić information content (AvgIpc) is 3.06. The van der Waals surface area contributed by atoms with Crippen molar-refractivity contribution in [2.24, 2.45) is 0 Å². The van der Waals surface area contributed by atoms with Crippen LogP contribution in [0.2, 0.25) is 0 Å². The zero-order chi connectivity index (χ0) is 32.8. The normalized spacial score (nSPS) is 11.5. The molecule has 0 radical (unpaired) electrons. The van der Waals surface area contributed by atoms with Gasteiger partial charge in [-0.3, -0.25) is 9.59 Å². The molecule has 4 aromatic carbocycles. The van der Waals surface area contributed by atoms with Gasteiger partial charge < -0.3 is 15.1 Å². The molecular weight excluding hydrogens is 566 g/mol. The molecular formula is C41H50N3O2+. The van der Waals surface area contributed by atoms with Crippen molar-refractivity contribution in [2.45, 2.75) is 58.3 Å². The van der Waals surface area contributed by atoms with Crippen LogP contribution in [0.1, 0.15) is 88.4 Å². The van der Waals surface area contributed by atoms with Crippen molar-refractivity contribution < 1.29 is 14.1 Å². The van der Waals surface area contributed by atoms with E-state index < -0.39 is 0 Å². The molecule has 4 rings (SSSR count). The molecule has 0 aliphatic carbocycles. The Kier molecular flexibility index (Phi) is 12.9. The van der Waals surface area contributed by atoms with Crippen molar-refractivity contribution in [1.82, 2.24) is 0 Å². The Morgan fingerprint density at radius 3 is 1.39 bits per heavy atom. The summed E-state index contributed by atoms with van der Waals surface area (Å²) in [5.41, 5.74) is 7.37. The zero-order valence-corrected chi connectivity index (χ0v) is 28.0. The van der Waals surface area contributed by atoms with E-state index in [1.165, 1.54) is 56.2 Å². The third-order valence-electron chi connectivity index (χ3n) is 8.19. The molecule has 0 fully saturated rings. The van der Waals surface area contributed by atoms with Gasteiger partial charge in [-0.1, -0.05) is 86.9 Å². The first-order valence-corrected chi connectivity index (χ1v) is 16.7. The molecule has 0 heterocycles. The van der Waals surface area contributed by atoms with E-state index in [-0.39, 0.29) is 11.8 Å². The number of nitrogens with zero attached hydrogens (tertiary/aromatic N) is 1. The summed E-state index contributed by atoms with van der Waals surface area (Å²) in [6.45, 7) is 3.35. The maximum absolute atomic E-state index is 12.8. The lowest BCUT2D eigenvalue weighted by Gasteiger charge is -2.23. The smallest absolute Gasteiger partial charge is 0.255 e. The number of hydrogen-bond donors (Lipinski definition) is 2. The molecule has 2 N–H and O–H groups in total. The van der Waals surface area contributed by atoms with Crippen LogP contribution in [0.4, 0.5) is 11.4 Å². The van der Waals surface area contributed by atoms with Gasteiger partial charge in [-0.25, -0.2) is 0 Å². The predicted octanol–water partition coefficient (Wildman–Crippen LogP) is 9.51. The lowest BCUT2D eigenvalue weighted by Crippen LogP contribution is -2.35. The van der Waals surface area contributed by atoms with Crippen molar-refractivity contribution in [2.75, 3.05) is 38.3 Å². The number of aryl methyl sites for hydroxylation is 2. The van der Waals surface area contributed by atoms with Crippen LogP contribution in [0, 0.1) is 0 Å². The molecule has 0 saturated carbocycles. The summed E-state index contributed by atoms with van der Waals surface area (Å²) in [5, 5.41) is 5.96. The highest BCUT2D eigenvalue weighted by Crippen LogP contribution is 2.18. The van der Waals surface area contributed by atoms with E-state index in [4.69, 9.17) is 0 Å². The van der Waals surface area contributed by atoms with Crippen molar-refractivity contribution in [3.8, 4) is 0 Å². The summed E-state index contributed by atoms with van der Waals surface area (Å²) < 4.78 is 1.05. The summed E-state index contributed by atoms with van der Waals surface area (Å²) in [4.78, 5) is 25.4. The Morgan fingerprint density at radius 2 is 0.957 bits per heavy atom. The topological polar surface area (TPSA) is 58.2 Å². The van der Waals surface area contributed by atoms with Crippen LogP contribution in [0.5, 0.6) is 0 Å². The van der Waals surface area contributed by atoms with Gasteiger partial charge in [0.2, 0.25) is 0 Å². The van der Waals surface area contributed by atoms with Crippen LogP contribution >= 0.6 is 0 Å². The van der Waals surface area contributed by atoms with Crippen molar-refractivity contribution in [3.05, 3.63) is 130 Å². The summed E-state index contributed by atoms with van der Waals surface area (Å²) in [7, 11) is 6.77. The van der Waals surface area contributed by atoms with Gasteiger partial charge >= 0.3 is 0 Å². The molecule has 2 amide bonds. The number of carbonyl (C=O) groups excluding carboxylic acids is 2. The first-order valence-electron chi connectivity index (χ1n) is 16.7. The fraction of sp³-hybridized carbons (Fsp3) is 0.317. The molecule has 4 aromatic rings. The third kappa shape index (κ3) is 11.8. The Balaban J connectivity index is 1.17. The zero-order valence-electron chi connectivity index (χ0n) is 28.0. The average molecular weight is 617 g/mol. The van der Waals surface area contributed by atoms with Gasteiger partial charge in [0.15, 0.2) is 0 Å². The minimum atomic E-state index is -0.117.